The minimum absolute atomic E-state index is 0.822. The maximum atomic E-state index is 2.57. The average Bonchev–Trinajstić information content (AvgIpc) is 2.48. The maximum absolute atomic E-state index is 2.57. The summed E-state index contributed by atoms with van der Waals surface area (Å²) < 4.78 is 0. The van der Waals surface area contributed by atoms with Gasteiger partial charge >= 0.3 is 0 Å². The first-order valence-electron chi connectivity index (χ1n) is 8.85. The third-order valence-electron chi connectivity index (χ3n) is 5.99. The van der Waals surface area contributed by atoms with Gasteiger partial charge in [-0.05, 0) is 47.6 Å². The number of benzene rings is 1. The molecule has 1 aromatic carbocycles. The van der Waals surface area contributed by atoms with Gasteiger partial charge in [-0.15, -0.1) is 0 Å². The van der Waals surface area contributed by atoms with Crippen LogP contribution >= 0.6 is 0 Å². The van der Waals surface area contributed by atoms with E-state index < -0.39 is 0 Å². The lowest BCUT2D eigenvalue weighted by atomic mass is 9.73. The van der Waals surface area contributed by atoms with E-state index in [0.29, 0.717) is 0 Å². The van der Waals surface area contributed by atoms with Crippen molar-refractivity contribution in [3.8, 4) is 0 Å². The number of hydrogen-bond acceptors (Lipinski definition) is 0. The lowest BCUT2D eigenvalue weighted by molar-refractivity contribution is 0.324. The van der Waals surface area contributed by atoms with Gasteiger partial charge < -0.3 is 0 Å². The van der Waals surface area contributed by atoms with Crippen molar-refractivity contribution in [2.45, 2.75) is 77.0 Å². The predicted molar refractivity (Wildman–Crippen MR) is 87.2 cm³/mol. The van der Waals surface area contributed by atoms with Crippen molar-refractivity contribution in [2.24, 2.45) is 11.8 Å². The van der Waals surface area contributed by atoms with Crippen molar-refractivity contribution < 1.29 is 0 Å². The second-order valence-corrected chi connectivity index (χ2v) is 7.41. The van der Waals surface area contributed by atoms with Crippen LogP contribution in [0.1, 0.15) is 88.2 Å². The molecule has 0 heterocycles. The molecule has 110 valence electrons. The summed E-state index contributed by atoms with van der Waals surface area (Å²) in [6.07, 6.45) is 11.4. The molecule has 0 bridgehead atoms. The minimum atomic E-state index is 0.822. The smallest absolute Gasteiger partial charge is 0.0136 e. The molecule has 0 saturated heterocycles. The predicted octanol–water partition coefficient (Wildman–Crippen LogP) is 6.27. The van der Waals surface area contributed by atoms with Gasteiger partial charge in [-0.1, -0.05) is 76.6 Å². The van der Waals surface area contributed by atoms with Crippen molar-refractivity contribution in [3.63, 3.8) is 0 Å². The summed E-state index contributed by atoms with van der Waals surface area (Å²) in [4.78, 5) is 0. The van der Waals surface area contributed by atoms with Gasteiger partial charge in [0.25, 0.3) is 0 Å². The van der Waals surface area contributed by atoms with Crippen molar-refractivity contribution in [3.05, 3.63) is 35.4 Å². The van der Waals surface area contributed by atoms with Gasteiger partial charge in [0.05, 0.1) is 0 Å². The SMILES string of the molecule is CC1CCCCC1c1cccc(C2CCCCC2C)c1. The summed E-state index contributed by atoms with van der Waals surface area (Å²) in [6.45, 7) is 4.92. The van der Waals surface area contributed by atoms with Crippen LogP contribution in [0.25, 0.3) is 0 Å². The van der Waals surface area contributed by atoms with E-state index in [1.807, 2.05) is 0 Å². The molecule has 0 nitrogen and oxygen atoms in total. The first-order valence-corrected chi connectivity index (χ1v) is 8.85. The van der Waals surface area contributed by atoms with E-state index in [9.17, 15) is 0 Å². The lowest BCUT2D eigenvalue weighted by Crippen LogP contribution is -2.17. The van der Waals surface area contributed by atoms with E-state index >= 15 is 0 Å². The fourth-order valence-corrected chi connectivity index (χ4v) is 4.64. The van der Waals surface area contributed by atoms with Gasteiger partial charge in [0.15, 0.2) is 0 Å². The van der Waals surface area contributed by atoms with Crippen LogP contribution in [0, 0.1) is 11.8 Å². The van der Waals surface area contributed by atoms with Gasteiger partial charge in [0.1, 0.15) is 0 Å². The lowest BCUT2D eigenvalue weighted by Gasteiger charge is -2.32. The van der Waals surface area contributed by atoms with Gasteiger partial charge in [-0.2, -0.15) is 0 Å². The second-order valence-electron chi connectivity index (χ2n) is 7.41. The Morgan fingerprint density at radius 1 is 0.700 bits per heavy atom. The minimum Gasteiger partial charge on any atom is -0.0619 e. The van der Waals surface area contributed by atoms with Crippen LogP contribution < -0.4 is 0 Å². The van der Waals surface area contributed by atoms with Crippen LogP contribution in [-0.4, -0.2) is 0 Å². The van der Waals surface area contributed by atoms with Crippen LogP contribution in [0.5, 0.6) is 0 Å². The quantitative estimate of drug-likeness (QED) is 0.593. The Hall–Kier alpha value is -0.780. The largest absolute Gasteiger partial charge is 0.0619 e. The van der Waals surface area contributed by atoms with E-state index in [1.165, 1.54) is 51.4 Å². The molecule has 2 fully saturated rings. The third kappa shape index (κ3) is 2.95. The van der Waals surface area contributed by atoms with Gasteiger partial charge in [-0.3, -0.25) is 0 Å². The second kappa shape index (κ2) is 6.33. The molecular formula is C20H30. The highest BCUT2D eigenvalue weighted by Gasteiger charge is 2.26. The van der Waals surface area contributed by atoms with Crippen molar-refractivity contribution in [1.82, 2.24) is 0 Å². The molecule has 0 heteroatoms. The van der Waals surface area contributed by atoms with Gasteiger partial charge in [0, 0.05) is 0 Å². The molecule has 2 aliphatic rings. The standard InChI is InChI=1S/C20H30/c1-15-8-3-5-12-19(15)17-10-7-11-18(14-17)20-13-6-4-9-16(20)2/h7,10-11,14-16,19-20H,3-6,8-9,12-13H2,1-2H3. The van der Waals surface area contributed by atoms with Crippen LogP contribution in [-0.2, 0) is 0 Å². The highest BCUT2D eigenvalue weighted by molar-refractivity contribution is 5.30. The maximum Gasteiger partial charge on any atom is -0.0136 e. The summed E-state index contributed by atoms with van der Waals surface area (Å²) in [7, 11) is 0. The molecule has 0 aliphatic heterocycles. The van der Waals surface area contributed by atoms with Crippen LogP contribution in [0.15, 0.2) is 24.3 Å². The average molecular weight is 270 g/mol. The van der Waals surface area contributed by atoms with E-state index in [2.05, 4.69) is 38.1 Å². The molecule has 0 radical (unpaired) electrons. The summed E-state index contributed by atoms with van der Waals surface area (Å²) in [5, 5.41) is 0. The number of rotatable bonds is 2. The third-order valence-corrected chi connectivity index (χ3v) is 5.99. The molecule has 0 aromatic heterocycles. The van der Waals surface area contributed by atoms with Crippen LogP contribution in [0.3, 0.4) is 0 Å². The molecule has 1 aromatic rings. The zero-order valence-corrected chi connectivity index (χ0v) is 13.3. The molecule has 0 N–H and O–H groups in total. The highest BCUT2D eigenvalue weighted by atomic mass is 14.3. The normalized spacial score (nSPS) is 34.9. The van der Waals surface area contributed by atoms with Crippen molar-refractivity contribution >= 4 is 0 Å². The number of hydrogen-bond donors (Lipinski definition) is 0. The molecule has 2 saturated carbocycles. The van der Waals surface area contributed by atoms with E-state index in [-0.39, 0.29) is 0 Å². The van der Waals surface area contributed by atoms with Crippen LogP contribution in [0.2, 0.25) is 0 Å². The Balaban J connectivity index is 1.81. The summed E-state index contributed by atoms with van der Waals surface area (Å²) in [5.41, 5.74) is 3.26. The molecule has 0 spiro atoms. The molecule has 4 atom stereocenters. The molecule has 2 aliphatic carbocycles. The summed E-state index contributed by atoms with van der Waals surface area (Å²) in [5.74, 6) is 3.40. The molecule has 3 rings (SSSR count). The Kier molecular flexibility index (Phi) is 4.48. The summed E-state index contributed by atoms with van der Waals surface area (Å²) >= 11 is 0. The van der Waals surface area contributed by atoms with Crippen molar-refractivity contribution in [1.29, 1.82) is 0 Å². The van der Waals surface area contributed by atoms with Gasteiger partial charge in [0.2, 0.25) is 0 Å². The molecule has 20 heavy (non-hydrogen) atoms. The summed E-state index contributed by atoms with van der Waals surface area (Å²) in [6, 6.07) is 9.68. The fraction of sp³-hybridized carbons (Fsp3) is 0.700. The van der Waals surface area contributed by atoms with E-state index in [0.717, 1.165) is 23.7 Å². The zero-order chi connectivity index (χ0) is 13.9. The van der Waals surface area contributed by atoms with Crippen LogP contribution in [0.4, 0.5) is 0 Å². The Morgan fingerprint density at radius 3 is 1.60 bits per heavy atom. The molecule has 4 unspecified atom stereocenters. The Morgan fingerprint density at radius 2 is 1.15 bits per heavy atom. The van der Waals surface area contributed by atoms with E-state index in [1.54, 1.807) is 11.1 Å². The Labute approximate surface area is 125 Å². The van der Waals surface area contributed by atoms with Gasteiger partial charge in [-0.25, -0.2) is 0 Å². The highest BCUT2D eigenvalue weighted by Crippen LogP contribution is 2.41. The first kappa shape index (κ1) is 14.2. The fourth-order valence-electron chi connectivity index (χ4n) is 4.64. The Bertz CT molecular complexity index is 396. The molecule has 0 amide bonds. The monoisotopic (exact) mass is 270 g/mol. The van der Waals surface area contributed by atoms with Crippen molar-refractivity contribution in [2.75, 3.05) is 0 Å². The molecular weight excluding hydrogens is 240 g/mol. The zero-order valence-electron chi connectivity index (χ0n) is 13.3. The van der Waals surface area contributed by atoms with E-state index in [4.69, 9.17) is 0 Å². The first-order chi connectivity index (χ1) is 9.75. The topological polar surface area (TPSA) is 0 Å².